The SMILES string of the molecule is C#CC(C#C)C(F)(F)F. The van der Waals surface area contributed by atoms with Crippen LogP contribution >= 0.6 is 0 Å². The molecule has 0 atom stereocenters. The molecule has 0 aromatic rings. The lowest BCUT2D eigenvalue weighted by Crippen LogP contribution is -2.19. The minimum absolute atomic E-state index is 1.43. The molecule has 0 heterocycles. The van der Waals surface area contributed by atoms with Gasteiger partial charge in [0.2, 0.25) is 0 Å². The topological polar surface area (TPSA) is 0 Å². The highest BCUT2D eigenvalue weighted by Crippen LogP contribution is 2.24. The maximum absolute atomic E-state index is 11.4. The second kappa shape index (κ2) is 2.46. The first kappa shape index (κ1) is 7.91. The average molecular weight is 132 g/mol. The zero-order valence-corrected chi connectivity index (χ0v) is 4.37. The quantitative estimate of drug-likeness (QED) is 0.437. The first-order valence-electron chi connectivity index (χ1n) is 2.01. The molecule has 0 saturated heterocycles. The second-order valence-electron chi connectivity index (χ2n) is 1.31. The number of alkyl halides is 3. The molecule has 48 valence electrons. The fourth-order valence-corrected chi connectivity index (χ4v) is 0.237. The molecule has 0 bridgehead atoms. The maximum atomic E-state index is 11.4. The van der Waals surface area contributed by atoms with Crippen molar-refractivity contribution in [3.63, 3.8) is 0 Å². The molecule has 0 aliphatic rings. The standard InChI is InChI=1S/C6H3F3/c1-3-5(4-2)6(7,8)9/h1-2,5H. The summed E-state index contributed by atoms with van der Waals surface area (Å²) in [4.78, 5) is 0. The van der Waals surface area contributed by atoms with E-state index in [4.69, 9.17) is 0 Å². The van der Waals surface area contributed by atoms with Crippen molar-refractivity contribution in [1.29, 1.82) is 0 Å². The van der Waals surface area contributed by atoms with Gasteiger partial charge in [-0.05, 0) is 0 Å². The highest BCUT2D eigenvalue weighted by atomic mass is 19.4. The number of hydrogen-bond acceptors (Lipinski definition) is 0. The van der Waals surface area contributed by atoms with Crippen LogP contribution < -0.4 is 0 Å². The Labute approximate surface area is 51.1 Å². The van der Waals surface area contributed by atoms with E-state index in [9.17, 15) is 13.2 Å². The van der Waals surface area contributed by atoms with Crippen molar-refractivity contribution in [2.45, 2.75) is 6.18 Å². The molecule has 0 aliphatic heterocycles. The van der Waals surface area contributed by atoms with Gasteiger partial charge < -0.3 is 0 Å². The number of hydrogen-bond donors (Lipinski definition) is 0. The summed E-state index contributed by atoms with van der Waals surface area (Å²) in [5.74, 6) is 0.817. The molecule has 0 unspecified atom stereocenters. The van der Waals surface area contributed by atoms with E-state index in [1.165, 1.54) is 11.8 Å². The number of halogens is 3. The molecular formula is C6H3F3. The molecule has 0 aromatic carbocycles. The van der Waals surface area contributed by atoms with Crippen molar-refractivity contribution in [2.75, 3.05) is 0 Å². The third-order valence-corrected chi connectivity index (χ3v) is 0.661. The van der Waals surface area contributed by atoms with Crippen molar-refractivity contribution in [1.82, 2.24) is 0 Å². The maximum Gasteiger partial charge on any atom is 0.413 e. The summed E-state index contributed by atoms with van der Waals surface area (Å²) in [5.41, 5.74) is 0. The minimum Gasteiger partial charge on any atom is -0.169 e. The van der Waals surface area contributed by atoms with Crippen LogP contribution in [-0.4, -0.2) is 6.18 Å². The fraction of sp³-hybridized carbons (Fsp3) is 0.333. The Morgan fingerprint density at radius 2 is 1.44 bits per heavy atom. The van der Waals surface area contributed by atoms with Crippen molar-refractivity contribution >= 4 is 0 Å². The van der Waals surface area contributed by atoms with Gasteiger partial charge in [-0.2, -0.15) is 13.2 Å². The highest BCUT2D eigenvalue weighted by Gasteiger charge is 2.36. The number of rotatable bonds is 0. The third-order valence-electron chi connectivity index (χ3n) is 0.661. The summed E-state index contributed by atoms with van der Waals surface area (Å²) in [7, 11) is 0. The molecule has 3 heteroatoms. The van der Waals surface area contributed by atoms with Gasteiger partial charge >= 0.3 is 6.18 Å². The van der Waals surface area contributed by atoms with Gasteiger partial charge in [-0.25, -0.2) is 0 Å². The second-order valence-corrected chi connectivity index (χ2v) is 1.31. The van der Waals surface area contributed by atoms with Crippen LogP contribution in [0.2, 0.25) is 0 Å². The van der Waals surface area contributed by atoms with E-state index >= 15 is 0 Å². The van der Waals surface area contributed by atoms with Gasteiger partial charge in [-0.3, -0.25) is 0 Å². The van der Waals surface area contributed by atoms with Crippen LogP contribution in [0.1, 0.15) is 0 Å². The van der Waals surface area contributed by atoms with Crippen LogP contribution in [0.15, 0.2) is 0 Å². The summed E-state index contributed by atoms with van der Waals surface area (Å²) in [6.45, 7) is 0. The first-order chi connectivity index (χ1) is 4.02. The van der Waals surface area contributed by atoms with E-state index < -0.39 is 12.1 Å². The van der Waals surface area contributed by atoms with Crippen molar-refractivity contribution in [3.05, 3.63) is 0 Å². The van der Waals surface area contributed by atoms with E-state index in [1.807, 2.05) is 0 Å². The van der Waals surface area contributed by atoms with Crippen LogP contribution in [0.5, 0.6) is 0 Å². The normalized spacial score (nSPS) is 10.4. The third kappa shape index (κ3) is 2.10. The van der Waals surface area contributed by atoms with Gasteiger partial charge in [0.15, 0.2) is 5.92 Å². The minimum atomic E-state index is -4.45. The van der Waals surface area contributed by atoms with Crippen LogP contribution in [0, 0.1) is 30.6 Å². The molecule has 0 amide bonds. The lowest BCUT2D eigenvalue weighted by atomic mass is 10.2. The molecule has 0 spiro atoms. The summed E-state index contributed by atoms with van der Waals surface area (Å²) < 4.78 is 34.3. The molecule has 0 aromatic heterocycles. The Hall–Kier alpha value is -1.09. The summed E-state index contributed by atoms with van der Waals surface area (Å²) in [5, 5.41) is 0. The van der Waals surface area contributed by atoms with E-state index in [0.29, 0.717) is 0 Å². The van der Waals surface area contributed by atoms with Gasteiger partial charge in [-0.1, -0.05) is 11.8 Å². The summed E-state index contributed by atoms with van der Waals surface area (Å²) in [6, 6.07) is 0. The lowest BCUT2D eigenvalue weighted by molar-refractivity contribution is -0.144. The summed E-state index contributed by atoms with van der Waals surface area (Å²) in [6.07, 6.45) is 4.46. The molecule has 9 heavy (non-hydrogen) atoms. The van der Waals surface area contributed by atoms with Crippen LogP contribution in [0.3, 0.4) is 0 Å². The van der Waals surface area contributed by atoms with Crippen LogP contribution in [0.25, 0.3) is 0 Å². The van der Waals surface area contributed by atoms with E-state index in [1.54, 1.807) is 0 Å². The summed E-state index contributed by atoms with van der Waals surface area (Å²) >= 11 is 0. The Kier molecular flexibility index (Phi) is 2.16. The molecule has 0 aliphatic carbocycles. The van der Waals surface area contributed by atoms with Gasteiger partial charge in [0.1, 0.15) is 0 Å². The monoisotopic (exact) mass is 132 g/mol. The fourth-order valence-electron chi connectivity index (χ4n) is 0.237. The van der Waals surface area contributed by atoms with Gasteiger partial charge in [-0.15, -0.1) is 12.8 Å². The Morgan fingerprint density at radius 1 is 1.11 bits per heavy atom. The smallest absolute Gasteiger partial charge is 0.169 e. The van der Waals surface area contributed by atoms with Gasteiger partial charge in [0.25, 0.3) is 0 Å². The van der Waals surface area contributed by atoms with Gasteiger partial charge in [0, 0.05) is 0 Å². The molecule has 0 N–H and O–H groups in total. The Bertz CT molecular complexity index is 150. The molecule has 0 saturated carbocycles. The number of terminal acetylenes is 2. The molecule has 0 rings (SSSR count). The van der Waals surface area contributed by atoms with Crippen LogP contribution in [-0.2, 0) is 0 Å². The molecule has 0 radical (unpaired) electrons. The van der Waals surface area contributed by atoms with E-state index in [2.05, 4.69) is 12.8 Å². The van der Waals surface area contributed by atoms with Crippen molar-refractivity contribution in [2.24, 2.45) is 5.92 Å². The van der Waals surface area contributed by atoms with Crippen molar-refractivity contribution in [3.8, 4) is 24.7 Å². The van der Waals surface area contributed by atoms with Gasteiger partial charge in [0.05, 0.1) is 0 Å². The first-order valence-corrected chi connectivity index (χ1v) is 2.01. The zero-order chi connectivity index (χ0) is 7.49. The molecule has 0 nitrogen and oxygen atoms in total. The van der Waals surface area contributed by atoms with E-state index in [-0.39, 0.29) is 0 Å². The zero-order valence-electron chi connectivity index (χ0n) is 4.37. The van der Waals surface area contributed by atoms with Crippen LogP contribution in [0.4, 0.5) is 13.2 Å². The Morgan fingerprint density at radius 3 is 1.44 bits per heavy atom. The van der Waals surface area contributed by atoms with Crippen molar-refractivity contribution < 1.29 is 13.2 Å². The highest BCUT2D eigenvalue weighted by molar-refractivity contribution is 5.12. The lowest BCUT2D eigenvalue weighted by Gasteiger charge is -2.06. The molecule has 0 fully saturated rings. The molecular weight excluding hydrogens is 129 g/mol. The van der Waals surface area contributed by atoms with E-state index in [0.717, 1.165) is 0 Å². The Balaban J connectivity index is 4.23. The predicted molar refractivity (Wildman–Crippen MR) is 27.2 cm³/mol. The predicted octanol–water partition coefficient (Wildman–Crippen LogP) is 1.43. The largest absolute Gasteiger partial charge is 0.413 e. The average Bonchev–Trinajstić information content (AvgIpc) is 1.65.